The van der Waals surface area contributed by atoms with Gasteiger partial charge in [0.15, 0.2) is 0 Å². The molecular weight excluding hydrogens is 473 g/mol. The van der Waals surface area contributed by atoms with Crippen LogP contribution in [0.25, 0.3) is 11.1 Å². The number of benzene rings is 2. The molecule has 5 rings (SSSR count). The van der Waals surface area contributed by atoms with Gasteiger partial charge in [0.25, 0.3) is 11.5 Å². The molecule has 1 aliphatic heterocycles. The molecule has 0 spiro atoms. The molecule has 1 aliphatic carbocycles. The number of fused-ring (bicyclic) bond motifs is 2. The lowest BCUT2D eigenvalue weighted by Crippen LogP contribution is -2.33. The highest BCUT2D eigenvalue weighted by Gasteiger charge is 2.49. The highest BCUT2D eigenvalue weighted by molar-refractivity contribution is 7.88. The first-order chi connectivity index (χ1) is 16.0. The number of hydrogen-bond acceptors (Lipinski definition) is 5. The summed E-state index contributed by atoms with van der Waals surface area (Å²) in [5.41, 5.74) is -3.16. The first-order valence-electron chi connectivity index (χ1n) is 10.2. The monoisotopic (exact) mass is 490 g/mol. The van der Waals surface area contributed by atoms with E-state index in [0.717, 1.165) is 16.2 Å². The maximum absolute atomic E-state index is 13.2. The van der Waals surface area contributed by atoms with E-state index in [9.17, 15) is 31.2 Å². The quantitative estimate of drug-likeness (QED) is 0.414. The van der Waals surface area contributed by atoms with Crippen molar-refractivity contribution in [3.63, 3.8) is 0 Å². The Morgan fingerprint density at radius 2 is 1.76 bits per heavy atom. The molecule has 0 bridgehead atoms. The van der Waals surface area contributed by atoms with Gasteiger partial charge in [-0.3, -0.25) is 9.59 Å². The van der Waals surface area contributed by atoms with Gasteiger partial charge in [-0.15, -0.1) is 0 Å². The van der Waals surface area contributed by atoms with Crippen molar-refractivity contribution in [2.45, 2.75) is 17.8 Å². The summed E-state index contributed by atoms with van der Waals surface area (Å²) in [6, 6.07) is 15.0. The molecule has 2 heterocycles. The van der Waals surface area contributed by atoms with Gasteiger partial charge in [-0.2, -0.15) is 21.6 Å². The summed E-state index contributed by atoms with van der Waals surface area (Å²) in [4.78, 5) is 27.5. The van der Waals surface area contributed by atoms with Crippen molar-refractivity contribution in [1.82, 2.24) is 4.57 Å². The Hall–Kier alpha value is -3.60. The van der Waals surface area contributed by atoms with Crippen molar-refractivity contribution >= 4 is 21.7 Å². The van der Waals surface area contributed by atoms with Crippen molar-refractivity contribution in [3.05, 3.63) is 81.8 Å². The lowest BCUT2D eigenvalue weighted by atomic mass is 9.82. The molecule has 1 aromatic heterocycles. The number of nitrogens with zero attached hydrogens (tertiary/aromatic N) is 2. The highest BCUT2D eigenvalue weighted by atomic mass is 32.2. The molecular formula is C23H17F3N2O5S. The van der Waals surface area contributed by atoms with Gasteiger partial charge in [0, 0.05) is 42.0 Å². The number of carbonyl (C=O) groups is 1. The van der Waals surface area contributed by atoms with Crippen LogP contribution in [0.5, 0.6) is 5.75 Å². The molecule has 1 atom stereocenters. The maximum atomic E-state index is 13.2. The van der Waals surface area contributed by atoms with Crippen LogP contribution in [0.15, 0.2) is 59.4 Å². The van der Waals surface area contributed by atoms with E-state index in [0.29, 0.717) is 41.0 Å². The molecule has 1 amide bonds. The zero-order valence-corrected chi connectivity index (χ0v) is 18.5. The summed E-state index contributed by atoms with van der Waals surface area (Å²) in [5.74, 6) is -1.27. The van der Waals surface area contributed by atoms with Crippen LogP contribution in [0.1, 0.15) is 27.5 Å². The molecule has 11 heteroatoms. The minimum atomic E-state index is -6.02. The van der Waals surface area contributed by atoms with E-state index in [2.05, 4.69) is 4.18 Å². The summed E-state index contributed by atoms with van der Waals surface area (Å²) in [6.45, 7) is 0.369. The average Bonchev–Trinajstić information content (AvgIpc) is 3.17. The molecule has 7 nitrogen and oxygen atoms in total. The first kappa shape index (κ1) is 22.2. The number of rotatable bonds is 3. The predicted molar refractivity (Wildman–Crippen MR) is 117 cm³/mol. The predicted octanol–water partition coefficient (Wildman–Crippen LogP) is 3.58. The smallest absolute Gasteiger partial charge is 0.370 e. The Labute approximate surface area is 192 Å². The third-order valence-electron chi connectivity index (χ3n) is 6.17. The largest absolute Gasteiger partial charge is 0.534 e. The van der Waals surface area contributed by atoms with Gasteiger partial charge < -0.3 is 13.7 Å². The van der Waals surface area contributed by atoms with E-state index in [1.807, 2.05) is 0 Å². The van der Waals surface area contributed by atoms with E-state index in [1.54, 1.807) is 53.4 Å². The zero-order chi connectivity index (χ0) is 24.4. The number of alkyl halides is 3. The van der Waals surface area contributed by atoms with Gasteiger partial charge in [-0.1, -0.05) is 30.3 Å². The Kier molecular flexibility index (Phi) is 4.87. The standard InChI is InChI=1S/C23H17F3N2O5S/c1-27-18-10-14-12-28(21(29)13-6-3-2-4-7-13)17-9-5-8-15(20(14)17)16(18)11-19(22(27)30)33-34(31,32)23(24,25)26/h2-9,11,14H,10,12H2,1H3. The SMILES string of the molecule is Cn1c2c(cc(OS(=O)(=O)C(F)(F)F)c1=O)-c1cccc3c1C(C2)CN3C(=O)c1ccccc1. The van der Waals surface area contributed by atoms with Crippen LogP contribution in [-0.4, -0.2) is 30.9 Å². The number of hydrogen-bond donors (Lipinski definition) is 0. The molecule has 3 aromatic rings. The van der Waals surface area contributed by atoms with Crippen LogP contribution in [0.4, 0.5) is 18.9 Å². The number of aromatic nitrogens is 1. The number of halogens is 3. The fourth-order valence-corrected chi connectivity index (χ4v) is 5.09. The Bertz CT molecular complexity index is 1500. The van der Waals surface area contributed by atoms with E-state index in [-0.39, 0.29) is 11.8 Å². The summed E-state index contributed by atoms with van der Waals surface area (Å²) in [6.07, 6.45) is 0.343. The molecule has 0 N–H and O–H groups in total. The van der Waals surface area contributed by atoms with Crippen molar-refractivity contribution in [1.29, 1.82) is 0 Å². The maximum Gasteiger partial charge on any atom is 0.534 e. The molecule has 2 aromatic carbocycles. The van der Waals surface area contributed by atoms with Crippen LogP contribution in [0, 0.1) is 0 Å². The van der Waals surface area contributed by atoms with Crippen LogP contribution in [0.2, 0.25) is 0 Å². The second-order valence-corrected chi connectivity index (χ2v) is 9.68. The number of amides is 1. The Morgan fingerprint density at radius 1 is 1.06 bits per heavy atom. The molecule has 0 fully saturated rings. The van der Waals surface area contributed by atoms with E-state index >= 15 is 0 Å². The summed E-state index contributed by atoms with van der Waals surface area (Å²) < 4.78 is 66.9. The molecule has 0 saturated carbocycles. The minimum absolute atomic E-state index is 0.136. The van der Waals surface area contributed by atoms with Gasteiger partial charge in [-0.25, -0.2) is 0 Å². The van der Waals surface area contributed by atoms with Gasteiger partial charge in [0.05, 0.1) is 0 Å². The van der Waals surface area contributed by atoms with Gasteiger partial charge >= 0.3 is 15.6 Å². The van der Waals surface area contributed by atoms with E-state index < -0.39 is 26.9 Å². The third kappa shape index (κ3) is 3.30. The zero-order valence-electron chi connectivity index (χ0n) is 17.7. The summed E-state index contributed by atoms with van der Waals surface area (Å²) in [5, 5.41) is 0. The van der Waals surface area contributed by atoms with Crippen LogP contribution in [0.3, 0.4) is 0 Å². The molecule has 1 unspecified atom stereocenters. The number of pyridine rings is 1. The second-order valence-electron chi connectivity index (χ2n) is 8.14. The molecule has 2 aliphatic rings. The van der Waals surface area contributed by atoms with Crippen molar-refractivity contribution < 1.29 is 30.6 Å². The fourth-order valence-electron chi connectivity index (χ4n) is 4.64. The lowest BCUT2D eigenvalue weighted by molar-refractivity contribution is -0.0500. The number of anilines is 1. The topological polar surface area (TPSA) is 85.7 Å². The average molecular weight is 490 g/mol. The second kappa shape index (κ2) is 7.45. The third-order valence-corrected chi connectivity index (χ3v) is 7.14. The van der Waals surface area contributed by atoms with Crippen LogP contribution < -0.4 is 14.6 Å². The minimum Gasteiger partial charge on any atom is -0.370 e. The van der Waals surface area contributed by atoms with Gasteiger partial charge in [-0.05, 0) is 41.8 Å². The van der Waals surface area contributed by atoms with Gasteiger partial charge in [0.2, 0.25) is 5.75 Å². The van der Waals surface area contributed by atoms with Crippen molar-refractivity contribution in [2.75, 3.05) is 11.4 Å². The molecule has 0 radical (unpaired) electrons. The highest BCUT2D eigenvalue weighted by Crippen LogP contribution is 2.49. The van der Waals surface area contributed by atoms with Crippen molar-refractivity contribution in [3.8, 4) is 16.9 Å². The fraction of sp³-hybridized carbons (Fsp3) is 0.217. The lowest BCUT2D eigenvalue weighted by Gasteiger charge is -2.26. The Morgan fingerprint density at radius 3 is 2.44 bits per heavy atom. The van der Waals surface area contributed by atoms with Gasteiger partial charge in [0.1, 0.15) is 0 Å². The van der Waals surface area contributed by atoms with E-state index in [4.69, 9.17) is 0 Å². The molecule has 176 valence electrons. The normalized spacial score (nSPS) is 16.7. The number of carbonyl (C=O) groups excluding carboxylic acids is 1. The van der Waals surface area contributed by atoms with Crippen LogP contribution in [-0.2, 0) is 23.6 Å². The Balaban J connectivity index is 1.62. The van der Waals surface area contributed by atoms with Crippen LogP contribution >= 0.6 is 0 Å². The molecule has 0 saturated heterocycles. The summed E-state index contributed by atoms with van der Waals surface area (Å²) >= 11 is 0. The van der Waals surface area contributed by atoms with E-state index in [1.165, 1.54) is 7.05 Å². The molecule has 34 heavy (non-hydrogen) atoms. The summed E-state index contributed by atoms with van der Waals surface area (Å²) in [7, 11) is -4.67. The first-order valence-corrected chi connectivity index (χ1v) is 11.6. The van der Waals surface area contributed by atoms with Crippen molar-refractivity contribution in [2.24, 2.45) is 7.05 Å².